The Labute approximate surface area is 133 Å². The Hall–Kier alpha value is -2.73. The third-order valence-corrected chi connectivity index (χ3v) is 4.08. The summed E-state index contributed by atoms with van der Waals surface area (Å²) in [5.74, 6) is -0.117. The molecule has 1 aliphatic heterocycles. The van der Waals surface area contributed by atoms with Crippen LogP contribution in [-0.2, 0) is 17.8 Å². The van der Waals surface area contributed by atoms with Gasteiger partial charge in [0.05, 0.1) is 17.5 Å². The number of rotatable bonds is 3. The topological polar surface area (TPSA) is 89.5 Å². The predicted octanol–water partition coefficient (Wildman–Crippen LogP) is 2.40. The van der Waals surface area contributed by atoms with E-state index in [0.717, 1.165) is 23.2 Å². The van der Waals surface area contributed by atoms with Gasteiger partial charge in [-0.05, 0) is 30.0 Å². The van der Waals surface area contributed by atoms with Gasteiger partial charge in [0.25, 0.3) is 5.69 Å². The van der Waals surface area contributed by atoms with Gasteiger partial charge >= 0.3 is 0 Å². The van der Waals surface area contributed by atoms with E-state index in [9.17, 15) is 14.9 Å². The minimum atomic E-state index is -0.527. The van der Waals surface area contributed by atoms with Crippen LogP contribution in [0.25, 0.3) is 0 Å². The minimum absolute atomic E-state index is 0.0352. The lowest BCUT2D eigenvalue weighted by atomic mass is 10.1. The van der Waals surface area contributed by atoms with Crippen LogP contribution < -0.4 is 10.6 Å². The van der Waals surface area contributed by atoms with E-state index in [-0.39, 0.29) is 11.6 Å². The molecule has 6 heteroatoms. The standard InChI is InChI=1S/C17H17N3O3/c18-15-10-7-13-3-1-2-4-16(13)19(17(15)21)11-12-5-8-14(9-6-12)20(22)23/h1-6,8-9,15H,7,10-11,18H2. The number of carbonyl (C=O) groups is 1. The highest BCUT2D eigenvalue weighted by Crippen LogP contribution is 2.28. The quantitative estimate of drug-likeness (QED) is 0.696. The lowest BCUT2D eigenvalue weighted by Gasteiger charge is -2.24. The molecule has 2 aromatic carbocycles. The molecule has 0 spiro atoms. The Morgan fingerprint density at radius 3 is 2.57 bits per heavy atom. The van der Waals surface area contributed by atoms with Crippen molar-refractivity contribution in [2.24, 2.45) is 5.73 Å². The molecule has 2 aromatic rings. The van der Waals surface area contributed by atoms with Crippen LogP contribution in [0.1, 0.15) is 17.5 Å². The largest absolute Gasteiger partial charge is 0.320 e. The number of nitrogens with two attached hydrogens (primary N) is 1. The zero-order valence-electron chi connectivity index (χ0n) is 12.5. The Balaban J connectivity index is 1.92. The lowest BCUT2D eigenvalue weighted by molar-refractivity contribution is -0.384. The summed E-state index contributed by atoms with van der Waals surface area (Å²) in [6.07, 6.45) is 1.38. The number of fused-ring (bicyclic) bond motifs is 1. The molecule has 0 radical (unpaired) electrons. The second kappa shape index (κ2) is 6.18. The Bertz CT molecular complexity index is 743. The van der Waals surface area contributed by atoms with Gasteiger partial charge in [-0.1, -0.05) is 30.3 Å². The van der Waals surface area contributed by atoms with Gasteiger partial charge in [-0.15, -0.1) is 0 Å². The molecular formula is C17H17N3O3. The number of hydrogen-bond acceptors (Lipinski definition) is 4. The first-order valence-corrected chi connectivity index (χ1v) is 7.44. The number of benzene rings is 2. The number of nitro benzene ring substituents is 1. The van der Waals surface area contributed by atoms with Gasteiger partial charge in [-0.2, -0.15) is 0 Å². The van der Waals surface area contributed by atoms with Gasteiger partial charge in [-0.25, -0.2) is 0 Å². The number of nitrogens with zero attached hydrogens (tertiary/aromatic N) is 2. The van der Waals surface area contributed by atoms with Crippen LogP contribution >= 0.6 is 0 Å². The SMILES string of the molecule is NC1CCc2ccccc2N(Cc2ccc([N+](=O)[O-])cc2)C1=O. The monoisotopic (exact) mass is 311 g/mol. The first-order valence-electron chi connectivity index (χ1n) is 7.44. The van der Waals surface area contributed by atoms with Crippen LogP contribution in [0.2, 0.25) is 0 Å². The summed E-state index contributed by atoms with van der Waals surface area (Å²) in [6, 6.07) is 13.5. The average Bonchev–Trinajstić information content (AvgIpc) is 2.68. The molecule has 23 heavy (non-hydrogen) atoms. The molecule has 1 atom stereocenters. The molecule has 3 rings (SSSR count). The molecule has 0 aliphatic carbocycles. The molecular weight excluding hydrogens is 294 g/mol. The van der Waals surface area contributed by atoms with Gasteiger partial charge in [0.1, 0.15) is 0 Å². The maximum Gasteiger partial charge on any atom is 0.269 e. The van der Waals surface area contributed by atoms with Gasteiger partial charge in [0, 0.05) is 17.8 Å². The fraction of sp³-hybridized carbons (Fsp3) is 0.235. The third-order valence-electron chi connectivity index (χ3n) is 4.08. The van der Waals surface area contributed by atoms with Gasteiger partial charge in [0.2, 0.25) is 5.91 Å². The van der Waals surface area contributed by atoms with Crippen molar-refractivity contribution in [2.75, 3.05) is 4.90 Å². The molecule has 0 fully saturated rings. The maximum atomic E-state index is 12.6. The molecule has 2 N–H and O–H groups in total. The Morgan fingerprint density at radius 1 is 1.17 bits per heavy atom. The average molecular weight is 311 g/mol. The van der Waals surface area contributed by atoms with Crippen molar-refractivity contribution in [3.8, 4) is 0 Å². The Morgan fingerprint density at radius 2 is 1.87 bits per heavy atom. The number of hydrogen-bond donors (Lipinski definition) is 1. The van der Waals surface area contributed by atoms with Crippen LogP contribution in [0.4, 0.5) is 11.4 Å². The van der Waals surface area contributed by atoms with Crippen LogP contribution in [0.3, 0.4) is 0 Å². The number of amides is 1. The van der Waals surface area contributed by atoms with Crippen LogP contribution in [0.15, 0.2) is 48.5 Å². The molecule has 6 nitrogen and oxygen atoms in total. The van der Waals surface area contributed by atoms with Crippen molar-refractivity contribution < 1.29 is 9.72 Å². The Kier molecular flexibility index (Phi) is 4.08. The fourth-order valence-corrected chi connectivity index (χ4v) is 2.81. The van der Waals surface area contributed by atoms with Gasteiger partial charge in [-0.3, -0.25) is 14.9 Å². The summed E-state index contributed by atoms with van der Waals surface area (Å²) >= 11 is 0. The van der Waals surface area contributed by atoms with Crippen molar-refractivity contribution in [2.45, 2.75) is 25.4 Å². The second-order valence-electron chi connectivity index (χ2n) is 5.62. The van der Waals surface area contributed by atoms with Crippen molar-refractivity contribution in [1.82, 2.24) is 0 Å². The molecule has 1 heterocycles. The molecule has 0 saturated heterocycles. The summed E-state index contributed by atoms with van der Waals surface area (Å²) < 4.78 is 0. The van der Waals surface area contributed by atoms with Crippen LogP contribution in [0.5, 0.6) is 0 Å². The maximum absolute atomic E-state index is 12.6. The number of non-ortho nitro benzene ring substituents is 1. The summed E-state index contributed by atoms with van der Waals surface area (Å²) in [6.45, 7) is 0.349. The number of anilines is 1. The highest BCUT2D eigenvalue weighted by molar-refractivity contribution is 5.98. The van der Waals surface area contributed by atoms with Gasteiger partial charge in [0.15, 0.2) is 0 Å². The first kappa shape index (κ1) is 15.2. The van der Waals surface area contributed by atoms with E-state index in [0.29, 0.717) is 13.0 Å². The third kappa shape index (κ3) is 3.07. The molecule has 1 unspecified atom stereocenters. The highest BCUT2D eigenvalue weighted by atomic mass is 16.6. The lowest BCUT2D eigenvalue weighted by Crippen LogP contribution is -2.42. The predicted molar refractivity (Wildman–Crippen MR) is 87.0 cm³/mol. The second-order valence-corrected chi connectivity index (χ2v) is 5.62. The fourth-order valence-electron chi connectivity index (χ4n) is 2.81. The normalized spacial score (nSPS) is 17.5. The number of para-hydroxylation sites is 1. The molecule has 118 valence electrons. The van der Waals surface area contributed by atoms with Crippen molar-refractivity contribution in [1.29, 1.82) is 0 Å². The van der Waals surface area contributed by atoms with E-state index in [4.69, 9.17) is 5.73 Å². The molecule has 1 aliphatic rings. The zero-order valence-corrected chi connectivity index (χ0v) is 12.5. The number of nitro groups is 1. The summed E-state index contributed by atoms with van der Waals surface area (Å²) in [5, 5.41) is 10.7. The molecule has 0 aromatic heterocycles. The van der Waals surface area contributed by atoms with Crippen LogP contribution in [-0.4, -0.2) is 16.9 Å². The summed E-state index contributed by atoms with van der Waals surface area (Å²) in [5.41, 5.74) is 8.80. The number of aryl methyl sites for hydroxylation is 1. The smallest absolute Gasteiger partial charge is 0.269 e. The van der Waals surface area contributed by atoms with Crippen molar-refractivity contribution in [3.63, 3.8) is 0 Å². The first-order chi connectivity index (χ1) is 11.1. The zero-order chi connectivity index (χ0) is 16.4. The van der Waals surface area contributed by atoms with Gasteiger partial charge < -0.3 is 10.6 Å². The highest BCUT2D eigenvalue weighted by Gasteiger charge is 2.27. The molecule has 1 amide bonds. The van der Waals surface area contributed by atoms with E-state index in [1.807, 2.05) is 24.3 Å². The van der Waals surface area contributed by atoms with E-state index in [1.54, 1.807) is 17.0 Å². The van der Waals surface area contributed by atoms with E-state index < -0.39 is 11.0 Å². The van der Waals surface area contributed by atoms with Crippen LogP contribution in [0, 0.1) is 10.1 Å². The van der Waals surface area contributed by atoms with E-state index in [1.165, 1.54) is 12.1 Å². The van der Waals surface area contributed by atoms with E-state index >= 15 is 0 Å². The molecule has 0 bridgehead atoms. The summed E-state index contributed by atoms with van der Waals surface area (Å²) in [7, 11) is 0. The minimum Gasteiger partial charge on any atom is -0.320 e. The van der Waals surface area contributed by atoms with E-state index in [2.05, 4.69) is 0 Å². The molecule has 0 saturated carbocycles. The van der Waals surface area contributed by atoms with Crippen molar-refractivity contribution in [3.05, 3.63) is 69.8 Å². The summed E-state index contributed by atoms with van der Waals surface area (Å²) in [4.78, 5) is 24.5. The number of carbonyl (C=O) groups excluding carboxylic acids is 1. The van der Waals surface area contributed by atoms with Crippen molar-refractivity contribution >= 4 is 17.3 Å².